The first kappa shape index (κ1) is 16.2. The van der Waals surface area contributed by atoms with Gasteiger partial charge in [0.25, 0.3) is 0 Å². The molecule has 0 aliphatic heterocycles. The van der Waals surface area contributed by atoms with Crippen molar-refractivity contribution in [3.63, 3.8) is 0 Å². The molecule has 0 heterocycles. The molecule has 1 aromatic carbocycles. The van der Waals surface area contributed by atoms with E-state index < -0.39 is 0 Å². The summed E-state index contributed by atoms with van der Waals surface area (Å²) in [6, 6.07) is 9.18. The molecule has 2 unspecified atom stereocenters. The molecule has 1 rings (SSSR count). The predicted molar refractivity (Wildman–Crippen MR) is 79.4 cm³/mol. The van der Waals surface area contributed by atoms with E-state index in [-0.39, 0.29) is 18.7 Å². The van der Waals surface area contributed by atoms with Gasteiger partial charge in [-0.2, -0.15) is 0 Å². The zero-order chi connectivity index (χ0) is 14.3. The maximum Gasteiger partial charge on any atom is 0.0616 e. The molecule has 0 fully saturated rings. The van der Waals surface area contributed by atoms with Gasteiger partial charge < -0.3 is 15.2 Å². The zero-order valence-corrected chi connectivity index (χ0v) is 12.5. The fourth-order valence-corrected chi connectivity index (χ4v) is 2.19. The average molecular weight is 265 g/mol. The third kappa shape index (κ3) is 5.31. The first-order valence-electron chi connectivity index (χ1n) is 7.04. The first-order valence-corrected chi connectivity index (χ1v) is 7.04. The normalized spacial score (nSPS) is 14.6. The molecule has 0 saturated carbocycles. The van der Waals surface area contributed by atoms with E-state index in [1.165, 1.54) is 11.1 Å². The molecule has 1 aromatic rings. The number of ether oxygens (including phenoxy) is 1. The van der Waals surface area contributed by atoms with Crippen molar-refractivity contribution in [2.24, 2.45) is 0 Å². The van der Waals surface area contributed by atoms with E-state index in [1.807, 2.05) is 0 Å². The molecule has 0 saturated heterocycles. The lowest BCUT2D eigenvalue weighted by Gasteiger charge is -2.23. The Balaban J connectivity index is 2.62. The van der Waals surface area contributed by atoms with Gasteiger partial charge in [0, 0.05) is 25.8 Å². The number of methoxy groups -OCH3 is 1. The van der Waals surface area contributed by atoms with Crippen LogP contribution in [0.1, 0.15) is 50.3 Å². The van der Waals surface area contributed by atoms with Crippen LogP contribution in [0.3, 0.4) is 0 Å². The standard InChI is InChI=1S/C16H27NO2/c1-12(2)14-5-7-15(8-6-14)13(3)17-16(9-10-18)11-19-4/h5-8,12-13,16-18H,9-11H2,1-4H3. The van der Waals surface area contributed by atoms with Crippen LogP contribution in [0.15, 0.2) is 24.3 Å². The topological polar surface area (TPSA) is 41.5 Å². The Morgan fingerprint density at radius 1 is 1.11 bits per heavy atom. The van der Waals surface area contributed by atoms with Crippen LogP contribution in [-0.2, 0) is 4.74 Å². The molecule has 0 aliphatic carbocycles. The van der Waals surface area contributed by atoms with Gasteiger partial charge in [0.05, 0.1) is 6.61 Å². The van der Waals surface area contributed by atoms with E-state index >= 15 is 0 Å². The number of nitrogens with one attached hydrogen (secondary N) is 1. The van der Waals surface area contributed by atoms with Crippen molar-refractivity contribution in [1.82, 2.24) is 5.32 Å². The van der Waals surface area contributed by atoms with Crippen molar-refractivity contribution in [3.05, 3.63) is 35.4 Å². The van der Waals surface area contributed by atoms with Gasteiger partial charge >= 0.3 is 0 Å². The van der Waals surface area contributed by atoms with E-state index in [0.717, 1.165) is 0 Å². The minimum absolute atomic E-state index is 0.181. The summed E-state index contributed by atoms with van der Waals surface area (Å²) in [4.78, 5) is 0. The zero-order valence-electron chi connectivity index (χ0n) is 12.5. The number of hydrogen-bond acceptors (Lipinski definition) is 3. The van der Waals surface area contributed by atoms with Crippen molar-refractivity contribution < 1.29 is 9.84 Å². The third-order valence-corrected chi connectivity index (χ3v) is 3.43. The molecule has 19 heavy (non-hydrogen) atoms. The van der Waals surface area contributed by atoms with Crippen molar-refractivity contribution in [2.75, 3.05) is 20.3 Å². The molecule has 0 aromatic heterocycles. The lowest BCUT2D eigenvalue weighted by molar-refractivity contribution is 0.143. The van der Waals surface area contributed by atoms with Crippen LogP contribution in [-0.4, -0.2) is 31.5 Å². The number of benzene rings is 1. The highest BCUT2D eigenvalue weighted by Gasteiger charge is 2.13. The number of aliphatic hydroxyl groups excluding tert-OH is 1. The van der Waals surface area contributed by atoms with Crippen molar-refractivity contribution in [2.45, 2.75) is 45.2 Å². The van der Waals surface area contributed by atoms with Crippen LogP contribution in [0.25, 0.3) is 0 Å². The first-order chi connectivity index (χ1) is 9.08. The molecule has 0 aliphatic rings. The summed E-state index contributed by atoms with van der Waals surface area (Å²) in [6.07, 6.45) is 0.711. The fraction of sp³-hybridized carbons (Fsp3) is 0.625. The maximum absolute atomic E-state index is 9.05. The lowest BCUT2D eigenvalue weighted by Crippen LogP contribution is -2.36. The molecular formula is C16H27NO2. The van der Waals surface area contributed by atoms with Crippen LogP contribution in [0.2, 0.25) is 0 Å². The second-order valence-electron chi connectivity index (χ2n) is 5.37. The van der Waals surface area contributed by atoms with E-state index in [0.29, 0.717) is 18.9 Å². The molecule has 0 radical (unpaired) electrons. The fourth-order valence-electron chi connectivity index (χ4n) is 2.19. The molecule has 3 heteroatoms. The molecule has 2 atom stereocenters. The summed E-state index contributed by atoms with van der Waals surface area (Å²) in [7, 11) is 1.69. The third-order valence-electron chi connectivity index (χ3n) is 3.43. The largest absolute Gasteiger partial charge is 0.396 e. The molecule has 0 bridgehead atoms. The molecule has 3 nitrogen and oxygen atoms in total. The second kappa shape index (κ2) is 8.31. The van der Waals surface area contributed by atoms with E-state index in [9.17, 15) is 0 Å². The summed E-state index contributed by atoms with van der Waals surface area (Å²) in [5.74, 6) is 0.563. The minimum Gasteiger partial charge on any atom is -0.396 e. The van der Waals surface area contributed by atoms with E-state index in [1.54, 1.807) is 7.11 Å². The van der Waals surface area contributed by atoms with Crippen LogP contribution in [0.5, 0.6) is 0 Å². The van der Waals surface area contributed by atoms with Gasteiger partial charge in [-0.05, 0) is 30.4 Å². The Kier molecular flexibility index (Phi) is 7.06. The summed E-state index contributed by atoms with van der Waals surface area (Å²) >= 11 is 0. The van der Waals surface area contributed by atoms with Gasteiger partial charge in [0.2, 0.25) is 0 Å². The highest BCUT2D eigenvalue weighted by molar-refractivity contribution is 5.26. The van der Waals surface area contributed by atoms with E-state index in [2.05, 4.69) is 50.4 Å². The van der Waals surface area contributed by atoms with Crippen LogP contribution < -0.4 is 5.32 Å². The minimum atomic E-state index is 0.181. The van der Waals surface area contributed by atoms with Crippen LogP contribution in [0, 0.1) is 0 Å². The predicted octanol–water partition coefficient (Wildman–Crippen LogP) is 2.86. The summed E-state index contributed by atoms with van der Waals surface area (Å²) in [6.45, 7) is 7.35. The Bertz CT molecular complexity index is 342. The average Bonchev–Trinajstić information content (AvgIpc) is 2.39. The second-order valence-corrected chi connectivity index (χ2v) is 5.37. The molecular weight excluding hydrogens is 238 g/mol. The van der Waals surface area contributed by atoms with Crippen molar-refractivity contribution in [3.8, 4) is 0 Å². The van der Waals surface area contributed by atoms with Gasteiger partial charge in [-0.1, -0.05) is 38.1 Å². The van der Waals surface area contributed by atoms with E-state index in [4.69, 9.17) is 9.84 Å². The Morgan fingerprint density at radius 2 is 1.68 bits per heavy atom. The number of hydrogen-bond donors (Lipinski definition) is 2. The summed E-state index contributed by atoms with van der Waals surface area (Å²) in [5, 5.41) is 12.5. The Hall–Kier alpha value is -0.900. The summed E-state index contributed by atoms with van der Waals surface area (Å²) in [5.41, 5.74) is 2.63. The van der Waals surface area contributed by atoms with Gasteiger partial charge in [-0.15, -0.1) is 0 Å². The monoisotopic (exact) mass is 265 g/mol. The molecule has 0 amide bonds. The Labute approximate surface area is 117 Å². The Morgan fingerprint density at radius 3 is 2.16 bits per heavy atom. The lowest BCUT2D eigenvalue weighted by atomic mass is 9.99. The summed E-state index contributed by atoms with van der Waals surface area (Å²) < 4.78 is 5.17. The number of aliphatic hydroxyl groups is 1. The maximum atomic E-state index is 9.05. The quantitative estimate of drug-likeness (QED) is 0.759. The van der Waals surface area contributed by atoms with Crippen molar-refractivity contribution in [1.29, 1.82) is 0 Å². The van der Waals surface area contributed by atoms with Gasteiger partial charge in [-0.3, -0.25) is 0 Å². The molecule has 2 N–H and O–H groups in total. The SMILES string of the molecule is COCC(CCO)NC(C)c1ccc(C(C)C)cc1. The van der Waals surface area contributed by atoms with Crippen LogP contribution >= 0.6 is 0 Å². The highest BCUT2D eigenvalue weighted by atomic mass is 16.5. The van der Waals surface area contributed by atoms with Crippen LogP contribution in [0.4, 0.5) is 0 Å². The van der Waals surface area contributed by atoms with Gasteiger partial charge in [0.1, 0.15) is 0 Å². The molecule has 108 valence electrons. The smallest absolute Gasteiger partial charge is 0.0616 e. The van der Waals surface area contributed by atoms with Gasteiger partial charge in [-0.25, -0.2) is 0 Å². The van der Waals surface area contributed by atoms with Gasteiger partial charge in [0.15, 0.2) is 0 Å². The van der Waals surface area contributed by atoms with Crippen molar-refractivity contribution >= 4 is 0 Å². The number of rotatable bonds is 8. The highest BCUT2D eigenvalue weighted by Crippen LogP contribution is 2.19. The molecule has 0 spiro atoms.